The minimum Gasteiger partial charge on any atom is -0.744 e. The second-order valence-corrected chi connectivity index (χ2v) is 3.68. The molecule has 0 aliphatic rings. The molecule has 0 radical (unpaired) electrons. The van der Waals surface area contributed by atoms with Gasteiger partial charge in [-0.1, -0.05) is 12.1 Å². The van der Waals surface area contributed by atoms with E-state index in [1.807, 2.05) is 0 Å². The summed E-state index contributed by atoms with van der Waals surface area (Å²) < 4.78 is 31.3. The van der Waals surface area contributed by atoms with Crippen molar-refractivity contribution in [3.63, 3.8) is 0 Å². The van der Waals surface area contributed by atoms with Crippen LogP contribution >= 0.6 is 0 Å². The fourth-order valence-electron chi connectivity index (χ4n) is 0.792. The summed E-state index contributed by atoms with van der Waals surface area (Å²) in [6, 6.07) is 5.55. The quantitative estimate of drug-likeness (QED) is 0.417. The third kappa shape index (κ3) is 3.76. The number of rotatable bonds is 2. The first-order chi connectivity index (χ1) is 5.54. The molecule has 0 aromatic heterocycles. The number of nitrogens with two attached hydrogens (primary N) is 1. The summed E-state index contributed by atoms with van der Waals surface area (Å²) in [5.74, 6) is 0. The minimum atomic E-state index is -4.32. The summed E-state index contributed by atoms with van der Waals surface area (Å²) in [4.78, 5) is -0.222. The normalized spacial score (nSPS) is 10.6. The third-order valence-electron chi connectivity index (χ3n) is 1.45. The van der Waals surface area contributed by atoms with Crippen LogP contribution in [0.15, 0.2) is 29.2 Å². The Balaban J connectivity index is 0.00000144. The van der Waals surface area contributed by atoms with Crippen LogP contribution in [0.4, 0.5) is 0 Å². The molecule has 1 rings (SSSR count). The second-order valence-electron chi connectivity index (χ2n) is 2.30. The Morgan fingerprint density at radius 2 is 1.69 bits per heavy atom. The van der Waals surface area contributed by atoms with Crippen LogP contribution < -0.4 is 35.3 Å². The average Bonchev–Trinajstić information content (AvgIpc) is 2.03. The predicted octanol–water partition coefficient (Wildman–Crippen LogP) is -2.95. The van der Waals surface area contributed by atoms with Gasteiger partial charge in [0.2, 0.25) is 0 Å². The van der Waals surface area contributed by atoms with Gasteiger partial charge in [-0.05, 0) is 17.7 Å². The Hall–Kier alpha value is 0.0900. The van der Waals surface area contributed by atoms with Gasteiger partial charge < -0.3 is 10.3 Å². The summed E-state index contributed by atoms with van der Waals surface area (Å²) in [6.45, 7) is 0.333. The van der Waals surface area contributed by atoms with Gasteiger partial charge in [-0.25, -0.2) is 8.42 Å². The van der Waals surface area contributed by atoms with Crippen molar-refractivity contribution >= 4 is 10.1 Å². The van der Waals surface area contributed by atoms with E-state index >= 15 is 0 Å². The van der Waals surface area contributed by atoms with Crippen molar-refractivity contribution in [2.45, 2.75) is 11.4 Å². The van der Waals surface area contributed by atoms with E-state index in [9.17, 15) is 13.0 Å². The fraction of sp³-hybridized carbons (Fsp3) is 0.143. The molecule has 0 aliphatic carbocycles. The third-order valence-corrected chi connectivity index (χ3v) is 2.30. The number of hydrogen-bond donors (Lipinski definition) is 1. The summed E-state index contributed by atoms with van der Waals surface area (Å²) in [6.07, 6.45) is 0. The molecule has 0 heterocycles. The molecule has 0 bridgehead atoms. The van der Waals surface area contributed by atoms with Gasteiger partial charge >= 0.3 is 29.6 Å². The van der Waals surface area contributed by atoms with Crippen molar-refractivity contribution in [2.75, 3.05) is 0 Å². The fourth-order valence-corrected chi connectivity index (χ4v) is 1.26. The van der Waals surface area contributed by atoms with E-state index < -0.39 is 10.1 Å². The van der Waals surface area contributed by atoms with Crippen LogP contribution in [0.5, 0.6) is 0 Å². The Bertz CT molecular complexity index is 360. The largest absolute Gasteiger partial charge is 1.00 e. The second kappa shape index (κ2) is 5.09. The van der Waals surface area contributed by atoms with Crippen LogP contribution in [0.3, 0.4) is 0 Å². The van der Waals surface area contributed by atoms with Crippen LogP contribution in [0.2, 0.25) is 0 Å². The van der Waals surface area contributed by atoms with Crippen LogP contribution in [-0.4, -0.2) is 13.0 Å². The smallest absolute Gasteiger partial charge is 0.744 e. The maximum absolute atomic E-state index is 10.4. The van der Waals surface area contributed by atoms with Gasteiger partial charge in [-0.2, -0.15) is 0 Å². The van der Waals surface area contributed by atoms with Crippen molar-refractivity contribution in [3.05, 3.63) is 29.8 Å². The summed E-state index contributed by atoms with van der Waals surface area (Å²) in [7, 11) is -4.32. The van der Waals surface area contributed by atoms with E-state index in [1.165, 1.54) is 24.3 Å². The molecule has 0 saturated carbocycles. The van der Waals surface area contributed by atoms with E-state index in [4.69, 9.17) is 5.73 Å². The standard InChI is InChI=1S/C7H9NO3S.Na/c8-5-6-1-3-7(4-2-6)12(9,10)11;/h1-4H,5,8H2,(H,9,10,11);/q;+1/p-1. The molecule has 0 aliphatic heterocycles. The zero-order valence-electron chi connectivity index (χ0n) is 7.23. The van der Waals surface area contributed by atoms with E-state index in [-0.39, 0.29) is 34.5 Å². The van der Waals surface area contributed by atoms with E-state index in [0.29, 0.717) is 6.54 Å². The van der Waals surface area contributed by atoms with E-state index in [1.54, 1.807) is 0 Å². The monoisotopic (exact) mass is 209 g/mol. The first-order valence-electron chi connectivity index (χ1n) is 3.29. The predicted molar refractivity (Wildman–Crippen MR) is 42.3 cm³/mol. The summed E-state index contributed by atoms with van der Waals surface area (Å²) in [5.41, 5.74) is 6.08. The SMILES string of the molecule is NCc1ccc(S(=O)(=O)[O-])cc1.[Na+]. The van der Waals surface area contributed by atoms with Crippen LogP contribution in [0.25, 0.3) is 0 Å². The Morgan fingerprint density at radius 3 is 2.00 bits per heavy atom. The van der Waals surface area contributed by atoms with Gasteiger partial charge in [0.05, 0.1) is 4.90 Å². The first kappa shape index (κ1) is 13.1. The topological polar surface area (TPSA) is 83.2 Å². The molecular formula is C7H8NNaO3S. The molecule has 0 spiro atoms. The van der Waals surface area contributed by atoms with Gasteiger partial charge in [0.1, 0.15) is 10.1 Å². The molecule has 0 atom stereocenters. The molecule has 13 heavy (non-hydrogen) atoms. The Morgan fingerprint density at radius 1 is 1.23 bits per heavy atom. The summed E-state index contributed by atoms with van der Waals surface area (Å²) in [5, 5.41) is 0. The van der Waals surface area contributed by atoms with Crippen molar-refractivity contribution in [1.29, 1.82) is 0 Å². The van der Waals surface area contributed by atoms with Crippen LogP contribution in [0, 0.1) is 0 Å². The molecule has 0 saturated heterocycles. The van der Waals surface area contributed by atoms with Crippen molar-refractivity contribution in [3.8, 4) is 0 Å². The molecule has 6 heteroatoms. The zero-order valence-corrected chi connectivity index (χ0v) is 10.0. The molecule has 2 N–H and O–H groups in total. The maximum Gasteiger partial charge on any atom is 1.00 e. The number of hydrogen-bond acceptors (Lipinski definition) is 4. The molecule has 0 amide bonds. The van der Waals surface area contributed by atoms with Gasteiger partial charge in [0.15, 0.2) is 0 Å². The maximum atomic E-state index is 10.4. The summed E-state index contributed by atoms with van der Waals surface area (Å²) >= 11 is 0. The van der Waals surface area contributed by atoms with Gasteiger partial charge in [0, 0.05) is 6.54 Å². The molecule has 0 unspecified atom stereocenters. The van der Waals surface area contributed by atoms with Gasteiger partial charge in [-0.15, -0.1) is 0 Å². The average molecular weight is 209 g/mol. The minimum absolute atomic E-state index is 0. The number of benzene rings is 1. The molecular weight excluding hydrogens is 201 g/mol. The zero-order chi connectivity index (χ0) is 9.19. The molecule has 66 valence electrons. The van der Waals surface area contributed by atoms with E-state index in [2.05, 4.69) is 0 Å². The molecule has 4 nitrogen and oxygen atoms in total. The first-order valence-corrected chi connectivity index (χ1v) is 4.70. The van der Waals surface area contributed by atoms with Gasteiger partial charge in [-0.3, -0.25) is 0 Å². The van der Waals surface area contributed by atoms with Crippen molar-refractivity contribution < 1.29 is 42.5 Å². The Kier molecular flexibility index (Phi) is 5.13. The van der Waals surface area contributed by atoms with E-state index in [0.717, 1.165) is 5.56 Å². The van der Waals surface area contributed by atoms with Crippen molar-refractivity contribution in [1.82, 2.24) is 0 Å². The van der Waals surface area contributed by atoms with Crippen molar-refractivity contribution in [2.24, 2.45) is 5.73 Å². The van der Waals surface area contributed by atoms with Crippen LogP contribution in [-0.2, 0) is 16.7 Å². The molecule has 0 fully saturated rings. The molecule has 1 aromatic carbocycles. The molecule has 1 aromatic rings. The Labute approximate surface area is 99.2 Å². The van der Waals surface area contributed by atoms with Crippen LogP contribution in [0.1, 0.15) is 5.56 Å². The van der Waals surface area contributed by atoms with Gasteiger partial charge in [0.25, 0.3) is 0 Å².